The minimum atomic E-state index is 0.885. The summed E-state index contributed by atoms with van der Waals surface area (Å²) >= 11 is 2.37. The molecule has 0 unspecified atom stereocenters. The number of aryl methyl sites for hydroxylation is 1. The van der Waals surface area contributed by atoms with Crippen LogP contribution in [0.2, 0.25) is 0 Å². The minimum Gasteiger partial charge on any atom is -0.385 e. The van der Waals surface area contributed by atoms with Crippen molar-refractivity contribution in [1.82, 2.24) is 0 Å². The van der Waals surface area contributed by atoms with Gasteiger partial charge in [-0.3, -0.25) is 0 Å². The van der Waals surface area contributed by atoms with Gasteiger partial charge in [0.1, 0.15) is 0 Å². The Bertz CT molecular complexity index is 354. The maximum atomic E-state index is 3.63. The van der Waals surface area contributed by atoms with Crippen LogP contribution in [0.15, 0.2) is 18.2 Å². The molecule has 1 aromatic carbocycles. The van der Waals surface area contributed by atoms with Crippen LogP contribution in [-0.4, -0.2) is 6.54 Å². The Kier molecular flexibility index (Phi) is 5.14. The van der Waals surface area contributed by atoms with Gasteiger partial charge < -0.3 is 5.32 Å². The Hall–Kier alpha value is -0.250. The van der Waals surface area contributed by atoms with Gasteiger partial charge in [0.05, 0.1) is 0 Å². The van der Waals surface area contributed by atoms with Gasteiger partial charge in [0, 0.05) is 15.8 Å². The molecule has 2 heteroatoms. The number of anilines is 1. The summed E-state index contributed by atoms with van der Waals surface area (Å²) in [5.74, 6) is 0.885. The summed E-state index contributed by atoms with van der Waals surface area (Å²) in [6.45, 7) is 3.35. The highest BCUT2D eigenvalue weighted by Crippen LogP contribution is 2.24. The molecule has 1 aliphatic rings. The first kappa shape index (κ1) is 13.2. The fourth-order valence-corrected chi connectivity index (χ4v) is 3.29. The SMILES string of the molecule is Cc1cc(I)ccc1NCC1CCCCCC1. The van der Waals surface area contributed by atoms with Gasteiger partial charge >= 0.3 is 0 Å². The average molecular weight is 343 g/mol. The van der Waals surface area contributed by atoms with Gasteiger partial charge in [-0.25, -0.2) is 0 Å². The first-order valence-corrected chi connectivity index (χ1v) is 7.83. The molecular formula is C15H22IN. The molecule has 0 aliphatic heterocycles. The van der Waals surface area contributed by atoms with Crippen molar-refractivity contribution in [3.63, 3.8) is 0 Å². The zero-order valence-electron chi connectivity index (χ0n) is 10.6. The Labute approximate surface area is 119 Å². The number of halogens is 1. The van der Waals surface area contributed by atoms with Crippen LogP contribution >= 0.6 is 22.6 Å². The first-order valence-electron chi connectivity index (χ1n) is 6.76. The minimum absolute atomic E-state index is 0.885. The van der Waals surface area contributed by atoms with E-state index in [-0.39, 0.29) is 0 Å². The van der Waals surface area contributed by atoms with Gasteiger partial charge in [0.15, 0.2) is 0 Å². The largest absolute Gasteiger partial charge is 0.385 e. The van der Waals surface area contributed by atoms with Crippen molar-refractivity contribution in [2.45, 2.75) is 45.4 Å². The Morgan fingerprint density at radius 2 is 1.88 bits per heavy atom. The van der Waals surface area contributed by atoms with E-state index in [4.69, 9.17) is 0 Å². The lowest BCUT2D eigenvalue weighted by Gasteiger charge is -2.17. The highest BCUT2D eigenvalue weighted by atomic mass is 127. The van der Waals surface area contributed by atoms with E-state index in [9.17, 15) is 0 Å². The Balaban J connectivity index is 1.88. The lowest BCUT2D eigenvalue weighted by Crippen LogP contribution is -2.14. The lowest BCUT2D eigenvalue weighted by atomic mass is 10.0. The summed E-state index contributed by atoms with van der Waals surface area (Å²) in [6.07, 6.45) is 8.57. The van der Waals surface area contributed by atoms with Crippen LogP contribution in [0.25, 0.3) is 0 Å². The van der Waals surface area contributed by atoms with E-state index in [1.165, 1.54) is 53.3 Å². The van der Waals surface area contributed by atoms with Crippen molar-refractivity contribution in [3.05, 3.63) is 27.3 Å². The lowest BCUT2D eigenvalue weighted by molar-refractivity contribution is 0.483. The molecule has 1 aliphatic carbocycles. The Morgan fingerprint density at radius 1 is 1.18 bits per heavy atom. The molecule has 0 bridgehead atoms. The maximum Gasteiger partial charge on any atom is 0.0370 e. The van der Waals surface area contributed by atoms with E-state index >= 15 is 0 Å². The van der Waals surface area contributed by atoms with Crippen molar-refractivity contribution in [3.8, 4) is 0 Å². The predicted molar refractivity (Wildman–Crippen MR) is 83.6 cm³/mol. The third-order valence-electron chi connectivity index (χ3n) is 3.74. The molecule has 2 rings (SSSR count). The highest BCUT2D eigenvalue weighted by molar-refractivity contribution is 14.1. The predicted octanol–water partition coefficient (Wildman–Crippen LogP) is 4.98. The van der Waals surface area contributed by atoms with Crippen LogP contribution in [0, 0.1) is 16.4 Å². The molecular weight excluding hydrogens is 321 g/mol. The summed E-state index contributed by atoms with van der Waals surface area (Å²) in [4.78, 5) is 0. The molecule has 1 N–H and O–H groups in total. The molecule has 1 saturated carbocycles. The fraction of sp³-hybridized carbons (Fsp3) is 0.600. The highest BCUT2D eigenvalue weighted by Gasteiger charge is 2.12. The van der Waals surface area contributed by atoms with Crippen LogP contribution in [0.1, 0.15) is 44.1 Å². The van der Waals surface area contributed by atoms with E-state index < -0.39 is 0 Å². The summed E-state index contributed by atoms with van der Waals surface area (Å²) in [6, 6.07) is 6.65. The monoisotopic (exact) mass is 343 g/mol. The smallest absolute Gasteiger partial charge is 0.0370 e. The molecule has 0 heterocycles. The molecule has 1 nitrogen and oxygen atoms in total. The van der Waals surface area contributed by atoms with Gasteiger partial charge in [-0.05, 0) is 72.0 Å². The summed E-state index contributed by atoms with van der Waals surface area (Å²) < 4.78 is 1.32. The molecule has 0 amide bonds. The second-order valence-electron chi connectivity index (χ2n) is 5.20. The van der Waals surface area contributed by atoms with Crippen molar-refractivity contribution in [1.29, 1.82) is 0 Å². The molecule has 94 valence electrons. The van der Waals surface area contributed by atoms with E-state index in [0.29, 0.717) is 0 Å². The zero-order valence-corrected chi connectivity index (χ0v) is 12.8. The summed E-state index contributed by atoms with van der Waals surface area (Å²) in [5, 5.41) is 3.63. The topological polar surface area (TPSA) is 12.0 Å². The standard InChI is InChI=1S/C15H22IN/c1-12-10-14(16)8-9-15(12)17-11-13-6-4-2-3-5-7-13/h8-10,13,17H,2-7,11H2,1H3. The van der Waals surface area contributed by atoms with Crippen LogP contribution in [0.5, 0.6) is 0 Å². The van der Waals surface area contributed by atoms with E-state index in [1.54, 1.807) is 0 Å². The van der Waals surface area contributed by atoms with Crippen LogP contribution in [0.4, 0.5) is 5.69 Å². The fourth-order valence-electron chi connectivity index (χ4n) is 2.65. The zero-order chi connectivity index (χ0) is 12.1. The molecule has 17 heavy (non-hydrogen) atoms. The third-order valence-corrected chi connectivity index (χ3v) is 4.42. The molecule has 0 atom stereocenters. The number of nitrogens with one attached hydrogen (secondary N) is 1. The van der Waals surface area contributed by atoms with Crippen LogP contribution in [0.3, 0.4) is 0 Å². The van der Waals surface area contributed by atoms with Gasteiger partial charge in [-0.1, -0.05) is 25.7 Å². The van der Waals surface area contributed by atoms with E-state index in [0.717, 1.165) is 12.5 Å². The van der Waals surface area contributed by atoms with Gasteiger partial charge in [0.2, 0.25) is 0 Å². The quantitative estimate of drug-likeness (QED) is 0.603. The second kappa shape index (κ2) is 6.62. The van der Waals surface area contributed by atoms with Crippen molar-refractivity contribution in [2.24, 2.45) is 5.92 Å². The van der Waals surface area contributed by atoms with E-state index in [1.807, 2.05) is 0 Å². The van der Waals surface area contributed by atoms with Crippen molar-refractivity contribution >= 4 is 28.3 Å². The number of hydrogen-bond acceptors (Lipinski definition) is 1. The normalized spacial score (nSPS) is 17.8. The van der Waals surface area contributed by atoms with Gasteiger partial charge in [-0.15, -0.1) is 0 Å². The van der Waals surface area contributed by atoms with Crippen LogP contribution < -0.4 is 5.32 Å². The molecule has 1 fully saturated rings. The molecule has 0 radical (unpaired) electrons. The number of benzene rings is 1. The number of hydrogen-bond donors (Lipinski definition) is 1. The van der Waals surface area contributed by atoms with E-state index in [2.05, 4.69) is 53.0 Å². The first-order chi connectivity index (χ1) is 8.25. The van der Waals surface area contributed by atoms with Gasteiger partial charge in [0.25, 0.3) is 0 Å². The number of rotatable bonds is 3. The average Bonchev–Trinajstić information content (AvgIpc) is 2.56. The van der Waals surface area contributed by atoms with Crippen molar-refractivity contribution in [2.75, 3.05) is 11.9 Å². The molecule has 0 aromatic heterocycles. The second-order valence-corrected chi connectivity index (χ2v) is 6.44. The summed E-state index contributed by atoms with van der Waals surface area (Å²) in [7, 11) is 0. The maximum absolute atomic E-state index is 3.63. The molecule has 0 spiro atoms. The van der Waals surface area contributed by atoms with Gasteiger partial charge in [-0.2, -0.15) is 0 Å². The Morgan fingerprint density at radius 3 is 2.53 bits per heavy atom. The van der Waals surface area contributed by atoms with Crippen molar-refractivity contribution < 1.29 is 0 Å². The molecule has 0 saturated heterocycles. The third kappa shape index (κ3) is 4.16. The van der Waals surface area contributed by atoms with Crippen LogP contribution in [-0.2, 0) is 0 Å². The molecule has 1 aromatic rings. The summed E-state index contributed by atoms with van der Waals surface area (Å²) in [5.41, 5.74) is 2.68.